The Bertz CT molecular complexity index is 637. The van der Waals surface area contributed by atoms with Crippen LogP contribution in [-0.4, -0.2) is 27.4 Å². The number of carbonyl (C=O) groups excluding carboxylic acids is 1. The molecular weight excluding hydrogens is 359 g/mol. The van der Waals surface area contributed by atoms with Gasteiger partial charge in [-0.05, 0) is 25.0 Å². The second kappa shape index (κ2) is 6.71. The van der Waals surface area contributed by atoms with E-state index >= 15 is 0 Å². The van der Waals surface area contributed by atoms with E-state index in [1.54, 1.807) is 0 Å². The molecule has 0 aromatic heterocycles. The van der Waals surface area contributed by atoms with Gasteiger partial charge >= 0.3 is 0 Å². The van der Waals surface area contributed by atoms with Crippen LogP contribution in [0.25, 0.3) is 0 Å². The summed E-state index contributed by atoms with van der Waals surface area (Å²) >= 11 is 17.5. The quantitative estimate of drug-likeness (QED) is 0.754. The Balaban J connectivity index is 1.96. The highest BCUT2D eigenvalue weighted by molar-refractivity contribution is 7.89. The van der Waals surface area contributed by atoms with Crippen LogP contribution in [0.15, 0.2) is 17.0 Å². The lowest BCUT2D eigenvalue weighted by Gasteiger charge is -2.11. The maximum Gasteiger partial charge on any atom is 0.243 e. The van der Waals surface area contributed by atoms with Crippen molar-refractivity contribution < 1.29 is 13.2 Å². The first-order chi connectivity index (χ1) is 9.81. The van der Waals surface area contributed by atoms with Crippen LogP contribution in [0.4, 0.5) is 0 Å². The van der Waals surface area contributed by atoms with Gasteiger partial charge in [-0.3, -0.25) is 4.79 Å². The molecule has 116 valence electrons. The first kappa shape index (κ1) is 16.8. The summed E-state index contributed by atoms with van der Waals surface area (Å²) in [5.41, 5.74) is 0. The molecule has 0 saturated heterocycles. The molecule has 1 saturated carbocycles. The van der Waals surface area contributed by atoms with Crippen molar-refractivity contribution in [3.8, 4) is 0 Å². The third kappa shape index (κ3) is 4.47. The summed E-state index contributed by atoms with van der Waals surface area (Å²) in [4.78, 5) is 11.2. The molecule has 0 unspecified atom stereocenters. The smallest absolute Gasteiger partial charge is 0.243 e. The Morgan fingerprint density at radius 2 is 1.71 bits per heavy atom. The number of halogens is 3. The van der Waals surface area contributed by atoms with Crippen molar-refractivity contribution in [1.82, 2.24) is 10.0 Å². The number of rotatable bonds is 6. The van der Waals surface area contributed by atoms with Crippen LogP contribution in [0, 0.1) is 5.92 Å². The van der Waals surface area contributed by atoms with Crippen molar-refractivity contribution in [3.05, 3.63) is 27.2 Å². The normalized spacial score (nSPS) is 15.0. The lowest BCUT2D eigenvalue weighted by Crippen LogP contribution is -2.35. The molecule has 1 amide bonds. The number of amides is 1. The number of sulfonamides is 1. The molecule has 1 aliphatic carbocycles. The van der Waals surface area contributed by atoms with Crippen molar-refractivity contribution in [2.75, 3.05) is 13.1 Å². The Hall–Kier alpha value is -0.530. The Morgan fingerprint density at radius 1 is 1.14 bits per heavy atom. The van der Waals surface area contributed by atoms with Gasteiger partial charge in [0.05, 0.1) is 10.0 Å². The summed E-state index contributed by atoms with van der Waals surface area (Å²) < 4.78 is 26.6. The van der Waals surface area contributed by atoms with E-state index in [0.29, 0.717) is 0 Å². The summed E-state index contributed by atoms with van der Waals surface area (Å²) in [6, 6.07) is 2.61. The highest BCUT2D eigenvalue weighted by Crippen LogP contribution is 2.32. The Kier molecular flexibility index (Phi) is 5.38. The van der Waals surface area contributed by atoms with Gasteiger partial charge in [-0.15, -0.1) is 0 Å². The minimum Gasteiger partial charge on any atom is -0.355 e. The minimum atomic E-state index is -3.86. The highest BCUT2D eigenvalue weighted by atomic mass is 35.5. The van der Waals surface area contributed by atoms with Gasteiger partial charge in [0.15, 0.2) is 0 Å². The Morgan fingerprint density at radius 3 is 2.24 bits per heavy atom. The van der Waals surface area contributed by atoms with Gasteiger partial charge in [0.25, 0.3) is 0 Å². The fourth-order valence-electron chi connectivity index (χ4n) is 1.72. The number of benzene rings is 1. The van der Waals surface area contributed by atoms with E-state index in [1.165, 1.54) is 12.1 Å². The molecule has 21 heavy (non-hydrogen) atoms. The second-order valence-electron chi connectivity index (χ2n) is 4.66. The SMILES string of the molecule is O=C(NCCNS(=O)(=O)c1c(Cl)cc(Cl)cc1Cl)C1CC1. The third-order valence-corrected chi connectivity index (χ3v) is 5.50. The molecule has 2 rings (SSSR count). The van der Waals surface area contributed by atoms with Gasteiger partial charge in [0.2, 0.25) is 15.9 Å². The van der Waals surface area contributed by atoms with Crippen molar-refractivity contribution >= 4 is 50.7 Å². The van der Waals surface area contributed by atoms with Gasteiger partial charge in [0, 0.05) is 24.0 Å². The number of nitrogens with one attached hydrogen (secondary N) is 2. The first-order valence-electron chi connectivity index (χ1n) is 6.23. The van der Waals surface area contributed by atoms with Crippen molar-refractivity contribution in [2.45, 2.75) is 17.7 Å². The van der Waals surface area contributed by atoms with Crippen LogP contribution in [0.3, 0.4) is 0 Å². The van der Waals surface area contributed by atoms with E-state index in [0.717, 1.165) is 12.8 Å². The summed E-state index contributed by atoms with van der Waals surface area (Å²) in [7, 11) is -3.86. The minimum absolute atomic E-state index is 0.0447. The van der Waals surface area contributed by atoms with Gasteiger partial charge < -0.3 is 5.32 Å². The standard InChI is InChI=1S/C12H13Cl3N2O3S/c13-8-5-9(14)11(10(15)6-8)21(19,20)17-4-3-16-12(18)7-1-2-7/h5-7,17H,1-4H2,(H,16,18). The summed E-state index contributed by atoms with van der Waals surface area (Å²) in [5, 5.41) is 2.80. The monoisotopic (exact) mass is 370 g/mol. The average Bonchev–Trinajstić information content (AvgIpc) is 3.16. The summed E-state index contributed by atoms with van der Waals surface area (Å²) in [5.74, 6) is 0.0403. The zero-order valence-corrected chi connectivity index (χ0v) is 13.9. The third-order valence-electron chi connectivity index (χ3n) is 2.90. The van der Waals surface area contributed by atoms with Gasteiger partial charge in [-0.2, -0.15) is 0 Å². The molecule has 0 radical (unpaired) electrons. The molecule has 0 aliphatic heterocycles. The number of carbonyl (C=O) groups is 1. The molecule has 9 heteroatoms. The van der Waals surface area contributed by atoms with Crippen LogP contribution in [0.2, 0.25) is 15.1 Å². The van der Waals surface area contributed by atoms with Gasteiger partial charge in [-0.1, -0.05) is 34.8 Å². The second-order valence-corrected chi connectivity index (χ2v) is 7.62. The zero-order valence-electron chi connectivity index (χ0n) is 10.8. The van der Waals surface area contributed by atoms with E-state index in [1.807, 2.05) is 0 Å². The molecule has 5 nitrogen and oxygen atoms in total. The molecule has 1 fully saturated rings. The molecule has 0 bridgehead atoms. The number of hydrogen-bond donors (Lipinski definition) is 2. The van der Waals surface area contributed by atoms with Crippen LogP contribution in [0.5, 0.6) is 0 Å². The van der Waals surface area contributed by atoms with E-state index in [4.69, 9.17) is 34.8 Å². The molecule has 0 spiro atoms. The van der Waals surface area contributed by atoms with E-state index in [-0.39, 0.29) is 44.9 Å². The maximum absolute atomic E-state index is 12.1. The molecule has 1 aliphatic rings. The molecule has 0 heterocycles. The van der Waals surface area contributed by atoms with Crippen LogP contribution in [-0.2, 0) is 14.8 Å². The van der Waals surface area contributed by atoms with Crippen molar-refractivity contribution in [2.24, 2.45) is 5.92 Å². The van der Waals surface area contributed by atoms with E-state index in [9.17, 15) is 13.2 Å². The lowest BCUT2D eigenvalue weighted by molar-refractivity contribution is -0.122. The Labute approximate surface area is 138 Å². The van der Waals surface area contributed by atoms with E-state index in [2.05, 4.69) is 10.0 Å². The van der Waals surface area contributed by atoms with E-state index < -0.39 is 10.0 Å². The molecule has 1 aromatic carbocycles. The average molecular weight is 372 g/mol. The molecule has 0 atom stereocenters. The first-order valence-corrected chi connectivity index (χ1v) is 8.85. The highest BCUT2D eigenvalue weighted by Gasteiger charge is 2.29. The van der Waals surface area contributed by atoms with Gasteiger partial charge in [-0.25, -0.2) is 13.1 Å². The molecular formula is C12H13Cl3N2O3S. The predicted molar refractivity (Wildman–Crippen MR) is 82.4 cm³/mol. The fraction of sp³-hybridized carbons (Fsp3) is 0.417. The van der Waals surface area contributed by atoms with Crippen LogP contribution >= 0.6 is 34.8 Å². The van der Waals surface area contributed by atoms with Gasteiger partial charge in [0.1, 0.15) is 4.90 Å². The molecule has 2 N–H and O–H groups in total. The maximum atomic E-state index is 12.1. The van der Waals surface area contributed by atoms with Crippen LogP contribution < -0.4 is 10.0 Å². The fourth-order valence-corrected chi connectivity index (χ4v) is 4.29. The number of hydrogen-bond acceptors (Lipinski definition) is 3. The molecule has 1 aromatic rings. The van der Waals surface area contributed by atoms with Crippen LogP contribution in [0.1, 0.15) is 12.8 Å². The zero-order chi connectivity index (χ0) is 15.6. The summed E-state index contributed by atoms with van der Waals surface area (Å²) in [6.07, 6.45) is 1.79. The van der Waals surface area contributed by atoms with Crippen molar-refractivity contribution in [3.63, 3.8) is 0 Å². The predicted octanol–water partition coefficient (Wildman–Crippen LogP) is 2.45. The van der Waals surface area contributed by atoms with Crippen molar-refractivity contribution in [1.29, 1.82) is 0 Å². The largest absolute Gasteiger partial charge is 0.355 e. The lowest BCUT2D eigenvalue weighted by atomic mass is 10.4. The summed E-state index contributed by atoms with van der Waals surface area (Å²) in [6.45, 7) is 0.257. The topological polar surface area (TPSA) is 75.3 Å².